The predicted molar refractivity (Wildman–Crippen MR) is 131 cm³/mol. The van der Waals surface area contributed by atoms with E-state index < -0.39 is 0 Å². The molecule has 1 N–H and O–H groups in total. The Labute approximate surface area is 190 Å². The number of allylic oxidation sites excluding steroid dienone is 1. The summed E-state index contributed by atoms with van der Waals surface area (Å²) in [7, 11) is 0. The number of nitrogens with one attached hydrogen (secondary N) is 1. The highest BCUT2D eigenvalue weighted by Gasteiger charge is 2.14. The second-order valence-electron chi connectivity index (χ2n) is 7.60. The third-order valence-electron chi connectivity index (χ3n) is 4.99. The molecule has 31 heavy (non-hydrogen) atoms. The third-order valence-corrected chi connectivity index (χ3v) is 5.23. The third kappa shape index (κ3) is 6.28. The minimum atomic E-state index is 0.422. The van der Waals surface area contributed by atoms with Gasteiger partial charge in [-0.2, -0.15) is 0 Å². The highest BCUT2D eigenvalue weighted by molar-refractivity contribution is 6.30. The van der Waals surface area contributed by atoms with Crippen molar-refractivity contribution in [2.24, 2.45) is 0 Å². The van der Waals surface area contributed by atoms with Crippen LogP contribution in [0.5, 0.6) is 11.5 Å². The topological polar surface area (TPSA) is 30.5 Å². The van der Waals surface area contributed by atoms with Gasteiger partial charge in [0.2, 0.25) is 0 Å². The van der Waals surface area contributed by atoms with E-state index in [0.717, 1.165) is 33.9 Å². The van der Waals surface area contributed by atoms with Crippen molar-refractivity contribution in [2.45, 2.75) is 40.3 Å². The molecular formula is C27H30ClNO2. The SMILES string of the molecule is C=CCc1cc(CNc2ccc(C)cc2C)cc(OCC)c1OCc1cccc(Cl)c1. The largest absolute Gasteiger partial charge is 0.490 e. The van der Waals surface area contributed by atoms with Crippen molar-refractivity contribution in [3.05, 3.63) is 100 Å². The Balaban J connectivity index is 1.85. The number of benzene rings is 3. The van der Waals surface area contributed by atoms with Crippen molar-refractivity contribution in [1.82, 2.24) is 0 Å². The Morgan fingerprint density at radius 3 is 2.55 bits per heavy atom. The Morgan fingerprint density at radius 1 is 1.00 bits per heavy atom. The molecule has 3 rings (SSSR count). The molecule has 0 unspecified atom stereocenters. The van der Waals surface area contributed by atoms with Crippen molar-refractivity contribution in [1.29, 1.82) is 0 Å². The molecule has 0 heterocycles. The molecule has 0 saturated heterocycles. The van der Waals surface area contributed by atoms with Crippen LogP contribution in [0.2, 0.25) is 5.02 Å². The Morgan fingerprint density at radius 2 is 1.84 bits per heavy atom. The van der Waals surface area contributed by atoms with Crippen LogP contribution in [0.15, 0.2) is 67.3 Å². The summed E-state index contributed by atoms with van der Waals surface area (Å²) in [6, 6.07) is 18.4. The maximum Gasteiger partial charge on any atom is 0.165 e. The van der Waals surface area contributed by atoms with Gasteiger partial charge in [0.25, 0.3) is 0 Å². The smallest absolute Gasteiger partial charge is 0.165 e. The predicted octanol–water partition coefficient (Wildman–Crippen LogP) is 7.28. The Bertz CT molecular complexity index is 1050. The van der Waals surface area contributed by atoms with E-state index in [2.05, 4.69) is 56.1 Å². The van der Waals surface area contributed by atoms with Gasteiger partial charge in [-0.3, -0.25) is 0 Å². The molecule has 3 nitrogen and oxygen atoms in total. The number of halogens is 1. The van der Waals surface area contributed by atoms with E-state index in [9.17, 15) is 0 Å². The number of ether oxygens (including phenoxy) is 2. The molecule has 0 amide bonds. The average Bonchev–Trinajstić information content (AvgIpc) is 2.73. The first-order chi connectivity index (χ1) is 15.0. The summed E-state index contributed by atoms with van der Waals surface area (Å²) in [6.07, 6.45) is 2.58. The molecule has 0 aliphatic heterocycles. The molecule has 0 aromatic heterocycles. The molecule has 0 radical (unpaired) electrons. The summed E-state index contributed by atoms with van der Waals surface area (Å²) < 4.78 is 12.2. The van der Waals surface area contributed by atoms with Crippen LogP contribution in [-0.4, -0.2) is 6.61 Å². The molecule has 3 aromatic rings. The van der Waals surface area contributed by atoms with E-state index >= 15 is 0 Å². The molecule has 0 aliphatic rings. The lowest BCUT2D eigenvalue weighted by Gasteiger charge is -2.18. The fraction of sp³-hybridized carbons (Fsp3) is 0.259. The van der Waals surface area contributed by atoms with Gasteiger partial charge in [0, 0.05) is 22.8 Å². The lowest BCUT2D eigenvalue weighted by atomic mass is 10.0. The summed E-state index contributed by atoms with van der Waals surface area (Å²) >= 11 is 6.11. The maximum absolute atomic E-state index is 6.21. The fourth-order valence-electron chi connectivity index (χ4n) is 3.55. The second kappa shape index (κ2) is 10.9. The summed E-state index contributed by atoms with van der Waals surface area (Å²) in [5.74, 6) is 1.51. The minimum Gasteiger partial charge on any atom is -0.490 e. The Hall–Kier alpha value is -2.91. The van der Waals surface area contributed by atoms with Gasteiger partial charge >= 0.3 is 0 Å². The van der Waals surface area contributed by atoms with E-state index in [0.29, 0.717) is 31.2 Å². The zero-order valence-electron chi connectivity index (χ0n) is 18.5. The summed E-state index contributed by atoms with van der Waals surface area (Å²) in [5.41, 5.74) is 6.83. The van der Waals surface area contributed by atoms with Crippen molar-refractivity contribution < 1.29 is 9.47 Å². The van der Waals surface area contributed by atoms with Crippen LogP contribution in [0.4, 0.5) is 5.69 Å². The first-order valence-corrected chi connectivity index (χ1v) is 11.0. The normalized spacial score (nSPS) is 10.6. The molecule has 0 aliphatic carbocycles. The first kappa shape index (κ1) is 22.8. The van der Waals surface area contributed by atoms with E-state index in [1.807, 2.05) is 37.3 Å². The number of hydrogen-bond acceptors (Lipinski definition) is 3. The average molecular weight is 436 g/mol. The molecular weight excluding hydrogens is 406 g/mol. The van der Waals surface area contributed by atoms with Crippen molar-refractivity contribution in [3.63, 3.8) is 0 Å². The summed E-state index contributed by atoms with van der Waals surface area (Å²) in [4.78, 5) is 0. The zero-order chi connectivity index (χ0) is 22.2. The van der Waals surface area contributed by atoms with E-state index in [1.54, 1.807) is 0 Å². The van der Waals surface area contributed by atoms with Crippen LogP contribution in [0, 0.1) is 13.8 Å². The highest BCUT2D eigenvalue weighted by Crippen LogP contribution is 2.35. The fourth-order valence-corrected chi connectivity index (χ4v) is 3.76. The van der Waals surface area contributed by atoms with Gasteiger partial charge in [-0.05, 0) is 74.2 Å². The van der Waals surface area contributed by atoms with Gasteiger partial charge in [0.05, 0.1) is 6.61 Å². The van der Waals surface area contributed by atoms with Crippen LogP contribution >= 0.6 is 11.6 Å². The lowest BCUT2D eigenvalue weighted by molar-refractivity contribution is 0.267. The molecule has 0 bridgehead atoms. The minimum absolute atomic E-state index is 0.422. The van der Waals surface area contributed by atoms with Crippen LogP contribution in [0.1, 0.15) is 34.7 Å². The molecule has 0 saturated carbocycles. The van der Waals surface area contributed by atoms with Gasteiger partial charge in [-0.25, -0.2) is 0 Å². The molecule has 0 atom stereocenters. The van der Waals surface area contributed by atoms with Gasteiger partial charge in [-0.1, -0.05) is 47.5 Å². The van der Waals surface area contributed by atoms with Crippen molar-refractivity contribution >= 4 is 17.3 Å². The lowest BCUT2D eigenvalue weighted by Crippen LogP contribution is -2.06. The van der Waals surface area contributed by atoms with E-state index in [1.165, 1.54) is 11.1 Å². The van der Waals surface area contributed by atoms with E-state index in [-0.39, 0.29) is 0 Å². The van der Waals surface area contributed by atoms with Crippen LogP contribution in [-0.2, 0) is 19.6 Å². The first-order valence-electron chi connectivity index (χ1n) is 10.6. The monoisotopic (exact) mass is 435 g/mol. The van der Waals surface area contributed by atoms with E-state index in [4.69, 9.17) is 21.1 Å². The van der Waals surface area contributed by atoms with Crippen LogP contribution < -0.4 is 14.8 Å². The Kier molecular flexibility index (Phi) is 8.02. The number of hydrogen-bond donors (Lipinski definition) is 1. The number of aryl methyl sites for hydroxylation is 2. The van der Waals surface area contributed by atoms with Crippen LogP contribution in [0.3, 0.4) is 0 Å². The highest BCUT2D eigenvalue weighted by atomic mass is 35.5. The molecule has 0 spiro atoms. The molecule has 162 valence electrons. The standard InChI is InChI=1S/C27H30ClNO2/c1-5-8-23-14-22(17-29-25-12-11-19(3)13-20(25)4)16-26(30-6-2)27(23)31-18-21-9-7-10-24(28)15-21/h5,7,9-16,29H,1,6,8,17-18H2,2-4H3. The van der Waals surface area contributed by atoms with Crippen molar-refractivity contribution in [2.75, 3.05) is 11.9 Å². The van der Waals surface area contributed by atoms with Gasteiger partial charge in [0.15, 0.2) is 11.5 Å². The molecule has 0 fully saturated rings. The quantitative estimate of drug-likeness (QED) is 0.339. The van der Waals surface area contributed by atoms with Gasteiger partial charge in [-0.15, -0.1) is 6.58 Å². The maximum atomic E-state index is 6.21. The molecule has 4 heteroatoms. The molecule has 3 aromatic carbocycles. The second-order valence-corrected chi connectivity index (χ2v) is 8.03. The van der Waals surface area contributed by atoms with Crippen molar-refractivity contribution in [3.8, 4) is 11.5 Å². The number of rotatable bonds is 10. The summed E-state index contributed by atoms with van der Waals surface area (Å²) in [5, 5.41) is 4.24. The van der Waals surface area contributed by atoms with Gasteiger partial charge < -0.3 is 14.8 Å². The van der Waals surface area contributed by atoms with Crippen LogP contribution in [0.25, 0.3) is 0 Å². The number of anilines is 1. The summed E-state index contributed by atoms with van der Waals surface area (Å²) in [6.45, 7) is 11.8. The zero-order valence-corrected chi connectivity index (χ0v) is 19.3. The van der Waals surface area contributed by atoms with Gasteiger partial charge in [0.1, 0.15) is 6.61 Å².